The van der Waals surface area contributed by atoms with Crippen molar-refractivity contribution in [3.8, 4) is 11.1 Å². The molecule has 276 valence electrons. The Morgan fingerprint density at radius 1 is 0.431 bits per heavy atom. The van der Waals surface area contributed by atoms with Gasteiger partial charge in [0.2, 0.25) is 0 Å². The molecule has 12 rings (SSSR count). The van der Waals surface area contributed by atoms with E-state index in [-0.39, 0.29) is 0 Å². The Labute approximate surface area is 338 Å². The molecule has 1 heterocycles. The third-order valence-electron chi connectivity index (χ3n) is 13.2. The van der Waals surface area contributed by atoms with Crippen molar-refractivity contribution in [2.75, 3.05) is 4.90 Å². The summed E-state index contributed by atoms with van der Waals surface area (Å²) >= 11 is 0. The van der Waals surface area contributed by atoms with Gasteiger partial charge in [-0.3, -0.25) is 0 Å². The van der Waals surface area contributed by atoms with Crippen LogP contribution in [-0.4, -0.2) is 0 Å². The predicted octanol–water partition coefficient (Wildman–Crippen LogP) is 15.4. The Balaban J connectivity index is 1.12. The monoisotopic (exact) mass is 743 g/mol. The maximum absolute atomic E-state index is 7.05. The molecule has 0 atom stereocenters. The fourth-order valence-corrected chi connectivity index (χ4v) is 10.8. The first kappa shape index (κ1) is 33.3. The number of benzene rings is 9. The lowest BCUT2D eigenvalue weighted by molar-refractivity contribution is 0.643. The lowest BCUT2D eigenvalue weighted by Crippen LogP contribution is -2.29. The maximum atomic E-state index is 7.05. The van der Waals surface area contributed by atoms with E-state index in [0.29, 0.717) is 5.92 Å². The molecule has 0 bridgehead atoms. The molecule has 2 aliphatic carbocycles. The summed E-state index contributed by atoms with van der Waals surface area (Å²) < 4.78 is 7.05. The Hall–Kier alpha value is -6.90. The summed E-state index contributed by atoms with van der Waals surface area (Å²) in [6.45, 7) is 0. The van der Waals surface area contributed by atoms with Crippen LogP contribution in [-0.2, 0) is 5.41 Å². The number of hydrogen-bond donors (Lipinski definition) is 0. The minimum Gasteiger partial charge on any atom is -0.454 e. The molecule has 0 N–H and O–H groups in total. The van der Waals surface area contributed by atoms with Crippen molar-refractivity contribution in [1.82, 2.24) is 0 Å². The number of anilines is 3. The molecule has 0 unspecified atom stereocenters. The number of nitrogens with zero attached hydrogens (tertiary/aromatic N) is 1. The maximum Gasteiger partial charge on any atom is 0.159 e. The van der Waals surface area contributed by atoms with Gasteiger partial charge in [-0.2, -0.15) is 0 Å². The summed E-state index contributed by atoms with van der Waals surface area (Å²) in [7, 11) is 0. The van der Waals surface area contributed by atoms with Crippen molar-refractivity contribution in [3.63, 3.8) is 0 Å². The molecule has 2 aliphatic rings. The molecule has 1 saturated carbocycles. The summed E-state index contributed by atoms with van der Waals surface area (Å²) in [5.74, 6) is 0.558. The molecule has 58 heavy (non-hydrogen) atoms. The van der Waals surface area contributed by atoms with Crippen molar-refractivity contribution in [2.24, 2.45) is 0 Å². The van der Waals surface area contributed by atoms with E-state index in [2.05, 4.69) is 199 Å². The van der Waals surface area contributed by atoms with Crippen LogP contribution in [0.1, 0.15) is 59.4 Å². The van der Waals surface area contributed by atoms with Gasteiger partial charge in [0.25, 0.3) is 0 Å². The summed E-state index contributed by atoms with van der Waals surface area (Å²) in [4.78, 5) is 2.39. The van der Waals surface area contributed by atoms with E-state index >= 15 is 0 Å². The Bertz CT molecular complexity index is 3130. The van der Waals surface area contributed by atoms with Crippen LogP contribution in [0.3, 0.4) is 0 Å². The molecule has 1 fully saturated rings. The summed E-state index contributed by atoms with van der Waals surface area (Å²) in [5.41, 5.74) is 13.8. The quantitative estimate of drug-likeness (QED) is 0.169. The van der Waals surface area contributed by atoms with E-state index in [1.807, 2.05) is 0 Å². The van der Waals surface area contributed by atoms with E-state index in [0.717, 1.165) is 33.6 Å². The number of hydrogen-bond acceptors (Lipinski definition) is 2. The van der Waals surface area contributed by atoms with Gasteiger partial charge in [-0.1, -0.05) is 177 Å². The first-order valence-electron chi connectivity index (χ1n) is 20.8. The van der Waals surface area contributed by atoms with E-state index in [1.54, 1.807) is 0 Å². The van der Waals surface area contributed by atoms with Gasteiger partial charge in [0.1, 0.15) is 5.58 Å². The minimum absolute atomic E-state index is 0.537. The van der Waals surface area contributed by atoms with Crippen molar-refractivity contribution in [1.29, 1.82) is 0 Å². The van der Waals surface area contributed by atoms with E-state index in [9.17, 15) is 0 Å². The molecular weight excluding hydrogens is 703 g/mol. The Kier molecular flexibility index (Phi) is 7.50. The first-order chi connectivity index (χ1) is 28.8. The van der Waals surface area contributed by atoms with Gasteiger partial charge in [0.05, 0.1) is 11.1 Å². The standard InChI is InChI=1S/C56H41NO/c1-4-19-40(20-5-1)56(41-21-6-2-7-22-41)52-44-25-13-12-18-38(44)30-33-47(52)48-34-31-39-36-43(32-35-45(39)53(48)56)57(42-23-8-3-9-24-42)51-29-15-28-50-49-27-14-26-46(37-16-10-11-17-37)54(49)58-55(50)51/h1-9,12-15,18-37H,10-11,16-17H2. The topological polar surface area (TPSA) is 16.4 Å². The molecule has 1 aromatic heterocycles. The average molecular weight is 744 g/mol. The second kappa shape index (κ2) is 13.1. The van der Waals surface area contributed by atoms with Crippen LogP contribution in [0, 0.1) is 0 Å². The zero-order chi connectivity index (χ0) is 38.2. The van der Waals surface area contributed by atoms with Crippen molar-refractivity contribution < 1.29 is 4.42 Å². The van der Waals surface area contributed by atoms with Gasteiger partial charge in [-0.15, -0.1) is 0 Å². The fourth-order valence-electron chi connectivity index (χ4n) is 10.8. The van der Waals surface area contributed by atoms with Gasteiger partial charge in [0, 0.05) is 22.1 Å². The van der Waals surface area contributed by atoms with Crippen LogP contribution in [0.4, 0.5) is 17.1 Å². The van der Waals surface area contributed by atoms with E-state index < -0.39 is 5.41 Å². The van der Waals surface area contributed by atoms with Crippen LogP contribution in [0.2, 0.25) is 0 Å². The number of rotatable bonds is 6. The normalized spacial score (nSPS) is 14.7. The third kappa shape index (κ3) is 4.78. The van der Waals surface area contributed by atoms with E-state index in [1.165, 1.54) is 91.6 Å². The minimum atomic E-state index is -0.537. The summed E-state index contributed by atoms with van der Waals surface area (Å²) in [5, 5.41) is 7.36. The Morgan fingerprint density at radius 3 is 1.71 bits per heavy atom. The van der Waals surface area contributed by atoms with Gasteiger partial charge in [-0.25, -0.2) is 0 Å². The second-order valence-electron chi connectivity index (χ2n) is 16.2. The fraction of sp³-hybridized carbons (Fsp3) is 0.107. The molecule has 0 amide bonds. The molecule has 0 radical (unpaired) electrons. The predicted molar refractivity (Wildman–Crippen MR) is 242 cm³/mol. The van der Waals surface area contributed by atoms with Crippen LogP contribution in [0.15, 0.2) is 199 Å². The third-order valence-corrected chi connectivity index (χ3v) is 13.2. The van der Waals surface area contributed by atoms with Gasteiger partial charge < -0.3 is 9.32 Å². The summed E-state index contributed by atoms with van der Waals surface area (Å²) in [6, 6.07) is 71.8. The Morgan fingerprint density at radius 2 is 1.00 bits per heavy atom. The number of para-hydroxylation sites is 3. The zero-order valence-corrected chi connectivity index (χ0v) is 32.2. The SMILES string of the molecule is c1ccc(N(c2ccc3c4c(ccc3c2)-c2ccc3ccccc3c2C4(c2ccccc2)c2ccccc2)c2cccc3c2oc2c(C4CCCC4)cccc23)cc1. The molecule has 2 nitrogen and oxygen atoms in total. The van der Waals surface area contributed by atoms with Crippen molar-refractivity contribution in [3.05, 3.63) is 222 Å². The second-order valence-corrected chi connectivity index (χ2v) is 16.2. The highest BCUT2D eigenvalue weighted by Gasteiger charge is 2.48. The largest absolute Gasteiger partial charge is 0.454 e. The number of furan rings is 1. The van der Waals surface area contributed by atoms with Gasteiger partial charge >= 0.3 is 0 Å². The molecular formula is C56H41NO. The van der Waals surface area contributed by atoms with Crippen LogP contribution < -0.4 is 4.90 Å². The average Bonchev–Trinajstić information content (AvgIpc) is 4.04. The lowest BCUT2D eigenvalue weighted by Gasteiger charge is -2.35. The highest BCUT2D eigenvalue weighted by Crippen LogP contribution is 2.60. The van der Waals surface area contributed by atoms with Gasteiger partial charge in [-0.05, 0) is 110 Å². The molecule has 10 aromatic rings. The first-order valence-corrected chi connectivity index (χ1v) is 20.8. The molecule has 0 saturated heterocycles. The highest BCUT2D eigenvalue weighted by atomic mass is 16.3. The zero-order valence-electron chi connectivity index (χ0n) is 32.2. The van der Waals surface area contributed by atoms with Crippen molar-refractivity contribution in [2.45, 2.75) is 37.0 Å². The molecule has 0 aliphatic heterocycles. The van der Waals surface area contributed by atoms with E-state index in [4.69, 9.17) is 4.42 Å². The van der Waals surface area contributed by atoms with Crippen LogP contribution >= 0.6 is 0 Å². The van der Waals surface area contributed by atoms with Gasteiger partial charge in [0.15, 0.2) is 5.58 Å². The van der Waals surface area contributed by atoms with Crippen LogP contribution in [0.25, 0.3) is 54.6 Å². The molecule has 0 spiro atoms. The van der Waals surface area contributed by atoms with Crippen LogP contribution in [0.5, 0.6) is 0 Å². The molecule has 2 heteroatoms. The highest BCUT2D eigenvalue weighted by molar-refractivity contribution is 6.12. The van der Waals surface area contributed by atoms with Crippen molar-refractivity contribution >= 4 is 60.5 Å². The molecule has 9 aromatic carbocycles. The smallest absolute Gasteiger partial charge is 0.159 e. The lowest BCUT2D eigenvalue weighted by atomic mass is 9.66. The number of fused-ring (bicyclic) bond motifs is 10. The summed E-state index contributed by atoms with van der Waals surface area (Å²) in [6.07, 6.45) is 5.05.